The second-order valence-electron chi connectivity index (χ2n) is 3.88. The lowest BCUT2D eigenvalue weighted by atomic mass is 9.93. The minimum absolute atomic E-state index is 0.146. The molecule has 0 N–H and O–H groups in total. The number of fused-ring (bicyclic) bond motifs is 2. The van der Waals surface area contributed by atoms with Crippen LogP contribution in [0.2, 0.25) is 0 Å². The maximum Gasteiger partial charge on any atom is 0.302 e. The molecule has 2 bridgehead atoms. The molecule has 2 heteroatoms. The van der Waals surface area contributed by atoms with Crippen LogP contribution in [0.4, 0.5) is 0 Å². The topological polar surface area (TPSA) is 26.3 Å². The molecule has 1 fully saturated rings. The molecule has 0 spiro atoms. The highest BCUT2D eigenvalue weighted by atomic mass is 16.5. The molecule has 1 saturated carbocycles. The van der Waals surface area contributed by atoms with Gasteiger partial charge in [0, 0.05) is 12.8 Å². The Labute approximate surface area is 72.6 Å². The third-order valence-electron chi connectivity index (χ3n) is 3.07. The number of carbonyl (C=O) groups excluding carboxylic acids is 1. The van der Waals surface area contributed by atoms with Crippen LogP contribution in [0.3, 0.4) is 0 Å². The smallest absolute Gasteiger partial charge is 0.302 e. The Hall–Kier alpha value is -0.790. The van der Waals surface area contributed by atoms with Gasteiger partial charge in [0.15, 0.2) is 0 Å². The molecule has 0 heterocycles. The zero-order valence-corrected chi connectivity index (χ0v) is 7.49. The fourth-order valence-electron chi connectivity index (χ4n) is 2.41. The van der Waals surface area contributed by atoms with E-state index in [0.717, 1.165) is 0 Å². The van der Waals surface area contributed by atoms with Crippen molar-refractivity contribution in [3.63, 3.8) is 0 Å². The summed E-state index contributed by atoms with van der Waals surface area (Å²) in [7, 11) is 0. The van der Waals surface area contributed by atoms with E-state index in [1.807, 2.05) is 0 Å². The van der Waals surface area contributed by atoms with Gasteiger partial charge in [0.1, 0.15) is 6.10 Å². The van der Waals surface area contributed by atoms with Gasteiger partial charge in [-0.3, -0.25) is 4.79 Å². The summed E-state index contributed by atoms with van der Waals surface area (Å²) >= 11 is 0. The maximum absolute atomic E-state index is 10.8. The first kappa shape index (κ1) is 7.84. The van der Waals surface area contributed by atoms with Crippen LogP contribution in [0.15, 0.2) is 12.2 Å². The Kier molecular flexibility index (Phi) is 1.71. The summed E-state index contributed by atoms with van der Waals surface area (Å²) in [5.41, 5.74) is 0. The van der Waals surface area contributed by atoms with Gasteiger partial charge in [-0.1, -0.05) is 19.1 Å². The summed E-state index contributed by atoms with van der Waals surface area (Å²) in [6.07, 6.45) is 5.78. The van der Waals surface area contributed by atoms with E-state index >= 15 is 0 Å². The van der Waals surface area contributed by atoms with E-state index in [2.05, 4.69) is 19.1 Å². The Bertz CT molecular complexity index is 232. The summed E-state index contributed by atoms with van der Waals surface area (Å²) in [6, 6.07) is 0. The molecule has 0 aromatic heterocycles. The van der Waals surface area contributed by atoms with E-state index in [4.69, 9.17) is 4.74 Å². The Morgan fingerprint density at radius 1 is 1.42 bits per heavy atom. The first-order chi connectivity index (χ1) is 5.68. The normalized spacial score (nSPS) is 43.5. The van der Waals surface area contributed by atoms with E-state index < -0.39 is 0 Å². The van der Waals surface area contributed by atoms with E-state index in [1.54, 1.807) is 0 Å². The zero-order chi connectivity index (χ0) is 8.72. The predicted molar refractivity (Wildman–Crippen MR) is 45.5 cm³/mol. The quantitative estimate of drug-likeness (QED) is 0.438. The summed E-state index contributed by atoms with van der Waals surface area (Å²) in [6.45, 7) is 3.66. The van der Waals surface area contributed by atoms with Crippen LogP contribution in [-0.4, -0.2) is 12.1 Å². The number of allylic oxidation sites excluding steroid dienone is 1. The lowest BCUT2D eigenvalue weighted by Gasteiger charge is -2.23. The fraction of sp³-hybridized carbons (Fsp3) is 0.700. The molecule has 2 rings (SSSR count). The van der Waals surface area contributed by atoms with Gasteiger partial charge in [-0.25, -0.2) is 0 Å². The Morgan fingerprint density at radius 2 is 2.08 bits per heavy atom. The van der Waals surface area contributed by atoms with Gasteiger partial charge in [-0.05, 0) is 18.3 Å². The molecule has 2 aliphatic carbocycles. The highest BCUT2D eigenvalue weighted by Crippen LogP contribution is 2.44. The van der Waals surface area contributed by atoms with Crippen molar-refractivity contribution in [1.29, 1.82) is 0 Å². The molecule has 0 aliphatic heterocycles. The molecule has 0 radical (unpaired) electrons. The van der Waals surface area contributed by atoms with Crippen molar-refractivity contribution >= 4 is 5.97 Å². The Morgan fingerprint density at radius 3 is 2.58 bits per heavy atom. The summed E-state index contributed by atoms with van der Waals surface area (Å²) in [5.74, 6) is 1.52. The number of hydrogen-bond acceptors (Lipinski definition) is 2. The second-order valence-corrected chi connectivity index (χ2v) is 3.88. The lowest BCUT2D eigenvalue weighted by Crippen LogP contribution is -2.27. The van der Waals surface area contributed by atoms with Gasteiger partial charge in [-0.2, -0.15) is 0 Å². The molecule has 4 atom stereocenters. The molecule has 2 aliphatic rings. The zero-order valence-electron chi connectivity index (χ0n) is 7.49. The lowest BCUT2D eigenvalue weighted by molar-refractivity contribution is -0.149. The molecule has 2 nitrogen and oxygen atoms in total. The third-order valence-corrected chi connectivity index (χ3v) is 3.07. The van der Waals surface area contributed by atoms with E-state index in [9.17, 15) is 4.79 Å². The van der Waals surface area contributed by atoms with Gasteiger partial charge in [0.05, 0.1) is 0 Å². The highest BCUT2D eigenvalue weighted by Gasteiger charge is 2.43. The van der Waals surface area contributed by atoms with Crippen LogP contribution in [-0.2, 0) is 9.53 Å². The molecule has 66 valence electrons. The van der Waals surface area contributed by atoms with Gasteiger partial charge in [0.2, 0.25) is 0 Å². The molecular weight excluding hydrogens is 152 g/mol. The average Bonchev–Trinajstić information content (AvgIpc) is 2.53. The van der Waals surface area contributed by atoms with Crippen LogP contribution in [0.1, 0.15) is 20.3 Å². The van der Waals surface area contributed by atoms with E-state index in [-0.39, 0.29) is 12.1 Å². The van der Waals surface area contributed by atoms with Crippen molar-refractivity contribution in [3.05, 3.63) is 12.2 Å². The largest absolute Gasteiger partial charge is 0.462 e. The van der Waals surface area contributed by atoms with Crippen LogP contribution >= 0.6 is 0 Å². The standard InChI is InChI=1S/C10H14O2/c1-6-8-3-4-9(5-8)10(6)12-7(2)11/h3-4,6,8-10H,5H2,1-2H3. The van der Waals surface area contributed by atoms with Gasteiger partial charge < -0.3 is 4.74 Å². The summed E-state index contributed by atoms with van der Waals surface area (Å²) < 4.78 is 5.27. The summed E-state index contributed by atoms with van der Waals surface area (Å²) in [5, 5.41) is 0. The molecule has 0 aromatic rings. The molecule has 4 unspecified atom stereocenters. The predicted octanol–water partition coefficient (Wildman–Crippen LogP) is 1.76. The summed E-state index contributed by atoms with van der Waals surface area (Å²) in [4.78, 5) is 10.8. The number of hydrogen-bond donors (Lipinski definition) is 0. The van der Waals surface area contributed by atoms with Crippen molar-refractivity contribution in [3.8, 4) is 0 Å². The number of carbonyl (C=O) groups is 1. The number of ether oxygens (including phenoxy) is 1. The first-order valence-electron chi connectivity index (χ1n) is 4.54. The van der Waals surface area contributed by atoms with E-state index in [1.165, 1.54) is 13.3 Å². The minimum atomic E-state index is -0.146. The van der Waals surface area contributed by atoms with Crippen LogP contribution in [0, 0.1) is 17.8 Å². The molecule has 0 saturated heterocycles. The number of rotatable bonds is 1. The van der Waals surface area contributed by atoms with Crippen LogP contribution in [0.25, 0.3) is 0 Å². The molecule has 12 heavy (non-hydrogen) atoms. The van der Waals surface area contributed by atoms with Crippen molar-refractivity contribution in [1.82, 2.24) is 0 Å². The first-order valence-corrected chi connectivity index (χ1v) is 4.54. The molecule has 0 aromatic carbocycles. The van der Waals surface area contributed by atoms with Crippen molar-refractivity contribution < 1.29 is 9.53 Å². The van der Waals surface area contributed by atoms with Crippen LogP contribution in [0.5, 0.6) is 0 Å². The van der Waals surface area contributed by atoms with Crippen molar-refractivity contribution in [2.45, 2.75) is 26.4 Å². The minimum Gasteiger partial charge on any atom is -0.462 e. The fourth-order valence-corrected chi connectivity index (χ4v) is 2.41. The second kappa shape index (κ2) is 2.61. The van der Waals surface area contributed by atoms with Gasteiger partial charge >= 0.3 is 5.97 Å². The molecule has 0 amide bonds. The third kappa shape index (κ3) is 1.06. The highest BCUT2D eigenvalue weighted by molar-refractivity contribution is 5.66. The SMILES string of the molecule is CC(=O)OC1C2C=CC(C2)C1C. The average molecular weight is 166 g/mol. The van der Waals surface area contributed by atoms with Gasteiger partial charge in [-0.15, -0.1) is 0 Å². The van der Waals surface area contributed by atoms with Gasteiger partial charge in [0.25, 0.3) is 0 Å². The molecular formula is C10H14O2. The van der Waals surface area contributed by atoms with Crippen LogP contribution < -0.4 is 0 Å². The van der Waals surface area contributed by atoms with Crippen molar-refractivity contribution in [2.75, 3.05) is 0 Å². The van der Waals surface area contributed by atoms with E-state index in [0.29, 0.717) is 17.8 Å². The maximum atomic E-state index is 10.8. The van der Waals surface area contributed by atoms with Crippen molar-refractivity contribution in [2.24, 2.45) is 17.8 Å². The monoisotopic (exact) mass is 166 g/mol. The number of esters is 1. The Balaban J connectivity index is 2.08.